The number of carboxylic acids is 1. The molecule has 0 unspecified atom stereocenters. The smallest absolute Gasteiger partial charge is 0.305 e. The van der Waals surface area contributed by atoms with Crippen molar-refractivity contribution < 1.29 is 44.6 Å². The largest absolute Gasteiger partial charge is 0.481 e. The maximum Gasteiger partial charge on any atom is 0.305 e. The molecular weight excluding hydrogens is 336 g/mol. The van der Waals surface area contributed by atoms with Crippen molar-refractivity contribution in [2.45, 2.75) is 45.4 Å². The number of ether oxygens (including phenoxy) is 2. The molecule has 152 valence electrons. The normalized spacial score (nSPS) is 9.32. The van der Waals surface area contributed by atoms with Crippen molar-refractivity contribution in [3.63, 3.8) is 0 Å². The number of carboxylic acid groups (broad SMARTS) is 1. The molecule has 0 spiro atoms. The number of unbranched alkanes of at least 4 members (excludes halogenated alkanes) is 2. The van der Waals surface area contributed by atoms with Crippen LogP contribution in [0.15, 0.2) is 0 Å². The third-order valence-corrected chi connectivity index (χ3v) is 2.36. The summed E-state index contributed by atoms with van der Waals surface area (Å²) in [5.41, 5.74) is 0. The fraction of sp³-hybridized carbons (Fsp3) is 0.875. The van der Waals surface area contributed by atoms with Gasteiger partial charge in [0.25, 0.3) is 0 Å². The van der Waals surface area contributed by atoms with Crippen molar-refractivity contribution in [1.29, 1.82) is 0 Å². The van der Waals surface area contributed by atoms with Crippen LogP contribution in [0, 0.1) is 0 Å². The van der Waals surface area contributed by atoms with E-state index < -0.39 is 5.97 Å². The van der Waals surface area contributed by atoms with Gasteiger partial charge < -0.3 is 35.0 Å². The van der Waals surface area contributed by atoms with Gasteiger partial charge in [0.05, 0.1) is 33.0 Å². The molecule has 0 rings (SSSR count). The molecule has 0 aliphatic carbocycles. The van der Waals surface area contributed by atoms with Gasteiger partial charge in [0, 0.05) is 26.1 Å². The average Bonchev–Trinajstić information content (AvgIpc) is 2.59. The first kappa shape index (κ1) is 28.5. The monoisotopic (exact) mass is 370 g/mol. The van der Waals surface area contributed by atoms with Crippen LogP contribution in [0.5, 0.6) is 0 Å². The molecule has 0 aromatic rings. The van der Waals surface area contributed by atoms with Crippen LogP contribution in [-0.2, 0) is 19.1 Å². The lowest BCUT2D eigenvalue weighted by Gasteiger charge is -1.99. The summed E-state index contributed by atoms with van der Waals surface area (Å²) in [6.45, 7) is 3.22. The van der Waals surface area contributed by atoms with Gasteiger partial charge in [0.1, 0.15) is 0 Å². The molecule has 9 nitrogen and oxygen atoms in total. The third-order valence-electron chi connectivity index (χ3n) is 2.36. The zero-order chi connectivity index (χ0) is 19.8. The topological polar surface area (TPSA) is 154 Å². The SMILES string of the molecule is CCOC(=O)CCCCC(=O)O.OCCCCO.OCCOCCO. The standard InChI is InChI=1S/C8H14O4.C4H10O3.C4H10O2/c1-2-12-8(11)6-4-3-5-7(9)10;5-1-3-7-4-2-6;5-3-1-2-4-6/h2-6H2,1H3,(H,9,10);5-6H,1-4H2;5-6H,1-4H2. The van der Waals surface area contributed by atoms with Crippen LogP contribution in [0.25, 0.3) is 0 Å². The number of hydrogen-bond donors (Lipinski definition) is 5. The Labute approximate surface area is 149 Å². The number of aliphatic hydroxyl groups excluding tert-OH is 4. The summed E-state index contributed by atoms with van der Waals surface area (Å²) in [4.78, 5) is 20.8. The van der Waals surface area contributed by atoms with Crippen molar-refractivity contribution in [1.82, 2.24) is 0 Å². The van der Waals surface area contributed by atoms with Crippen LogP contribution in [-0.4, -0.2) is 83.7 Å². The highest BCUT2D eigenvalue weighted by molar-refractivity contribution is 5.69. The van der Waals surface area contributed by atoms with Crippen LogP contribution in [0.3, 0.4) is 0 Å². The number of hydrogen-bond acceptors (Lipinski definition) is 8. The van der Waals surface area contributed by atoms with E-state index in [1.807, 2.05) is 0 Å². The third kappa shape index (κ3) is 39.5. The minimum absolute atomic E-state index is 0.0278. The molecule has 0 aromatic carbocycles. The highest BCUT2D eigenvalue weighted by Crippen LogP contribution is 2.00. The Hall–Kier alpha value is -1.26. The van der Waals surface area contributed by atoms with Crippen LogP contribution in [0.1, 0.15) is 45.4 Å². The first-order valence-electron chi connectivity index (χ1n) is 8.38. The average molecular weight is 370 g/mol. The molecule has 9 heteroatoms. The lowest BCUT2D eigenvalue weighted by Crippen LogP contribution is -2.03. The van der Waals surface area contributed by atoms with Crippen LogP contribution in [0.2, 0.25) is 0 Å². The summed E-state index contributed by atoms with van der Waals surface area (Å²) in [5.74, 6) is -1.07. The minimum atomic E-state index is -0.821. The van der Waals surface area contributed by atoms with Crippen molar-refractivity contribution in [3.8, 4) is 0 Å². The molecule has 0 aromatic heterocycles. The molecule has 0 saturated heterocycles. The second-order valence-corrected chi connectivity index (χ2v) is 4.62. The zero-order valence-corrected chi connectivity index (χ0v) is 15.1. The van der Waals surface area contributed by atoms with Gasteiger partial charge in [0.2, 0.25) is 0 Å². The Morgan fingerprint density at radius 1 is 0.760 bits per heavy atom. The highest BCUT2D eigenvalue weighted by Gasteiger charge is 2.02. The molecule has 0 atom stereocenters. The van der Waals surface area contributed by atoms with Crippen LogP contribution in [0.4, 0.5) is 0 Å². The van der Waals surface area contributed by atoms with Crippen molar-refractivity contribution >= 4 is 11.9 Å². The van der Waals surface area contributed by atoms with Crippen LogP contribution < -0.4 is 0 Å². The fourth-order valence-electron chi connectivity index (χ4n) is 1.23. The summed E-state index contributed by atoms with van der Waals surface area (Å²) in [6.07, 6.45) is 3.01. The highest BCUT2D eigenvalue weighted by atomic mass is 16.5. The number of carbonyl (C=O) groups excluding carboxylic acids is 1. The van der Waals surface area contributed by atoms with Gasteiger partial charge in [0.15, 0.2) is 0 Å². The molecule has 0 heterocycles. The Morgan fingerprint density at radius 3 is 1.60 bits per heavy atom. The molecule has 0 radical (unpaired) electrons. The van der Waals surface area contributed by atoms with E-state index in [1.54, 1.807) is 6.92 Å². The summed E-state index contributed by atoms with van der Waals surface area (Å²) in [6, 6.07) is 0. The van der Waals surface area contributed by atoms with E-state index >= 15 is 0 Å². The number of rotatable bonds is 13. The van der Waals surface area contributed by atoms with Gasteiger partial charge in [-0.25, -0.2) is 0 Å². The molecule has 25 heavy (non-hydrogen) atoms. The molecule has 5 N–H and O–H groups in total. The number of carbonyl (C=O) groups is 2. The number of aliphatic carboxylic acids is 1. The molecular formula is C16H34O9. The predicted octanol–water partition coefficient (Wildman–Crippen LogP) is -0.0667. The van der Waals surface area contributed by atoms with Crippen molar-refractivity contribution in [3.05, 3.63) is 0 Å². The van der Waals surface area contributed by atoms with Gasteiger partial charge >= 0.3 is 11.9 Å². The first-order chi connectivity index (χ1) is 12.0. The van der Waals surface area contributed by atoms with Crippen molar-refractivity contribution in [2.24, 2.45) is 0 Å². The molecule has 0 aliphatic heterocycles. The van der Waals surface area contributed by atoms with Gasteiger partial charge in [-0.05, 0) is 32.6 Å². The van der Waals surface area contributed by atoms with E-state index in [0.717, 1.165) is 12.8 Å². The Morgan fingerprint density at radius 2 is 1.24 bits per heavy atom. The summed E-state index contributed by atoms with van der Waals surface area (Å²) >= 11 is 0. The van der Waals surface area contributed by atoms with Gasteiger partial charge in [-0.3, -0.25) is 9.59 Å². The quantitative estimate of drug-likeness (QED) is 0.221. The molecule has 0 fully saturated rings. The van der Waals surface area contributed by atoms with Gasteiger partial charge in [-0.1, -0.05) is 0 Å². The molecule has 0 amide bonds. The lowest BCUT2D eigenvalue weighted by molar-refractivity contribution is -0.143. The second-order valence-electron chi connectivity index (χ2n) is 4.62. The van der Waals surface area contributed by atoms with Gasteiger partial charge in [-0.2, -0.15) is 0 Å². The summed E-state index contributed by atoms with van der Waals surface area (Å²) in [5, 5.41) is 40.6. The zero-order valence-electron chi connectivity index (χ0n) is 15.1. The van der Waals surface area contributed by atoms with Gasteiger partial charge in [-0.15, -0.1) is 0 Å². The Balaban J connectivity index is -0.000000317. The van der Waals surface area contributed by atoms with E-state index in [0.29, 0.717) is 39.1 Å². The lowest BCUT2D eigenvalue weighted by atomic mass is 10.2. The van der Waals surface area contributed by atoms with E-state index in [-0.39, 0.29) is 38.8 Å². The minimum Gasteiger partial charge on any atom is -0.481 e. The molecule has 0 aliphatic rings. The van der Waals surface area contributed by atoms with Crippen molar-refractivity contribution in [2.75, 3.05) is 46.2 Å². The molecule has 0 bridgehead atoms. The Kier molecular flexibility index (Phi) is 31.5. The predicted molar refractivity (Wildman–Crippen MR) is 91.1 cm³/mol. The van der Waals surface area contributed by atoms with E-state index in [4.69, 9.17) is 25.5 Å². The molecule has 0 saturated carbocycles. The number of esters is 1. The van der Waals surface area contributed by atoms with Crippen LogP contribution >= 0.6 is 0 Å². The van der Waals surface area contributed by atoms with E-state index in [2.05, 4.69) is 9.47 Å². The Bertz CT molecular complexity index is 264. The summed E-state index contributed by atoms with van der Waals surface area (Å²) in [7, 11) is 0. The second kappa shape index (κ2) is 27.6. The number of aliphatic hydroxyl groups is 4. The van der Waals surface area contributed by atoms with E-state index in [9.17, 15) is 9.59 Å². The maximum absolute atomic E-state index is 10.7. The maximum atomic E-state index is 10.7. The van der Waals surface area contributed by atoms with E-state index in [1.165, 1.54) is 0 Å². The first-order valence-corrected chi connectivity index (χ1v) is 8.38. The fourth-order valence-corrected chi connectivity index (χ4v) is 1.23. The summed E-state index contributed by atoms with van der Waals surface area (Å²) < 4.78 is 9.29.